The third kappa shape index (κ3) is 2.99. The van der Waals surface area contributed by atoms with Crippen molar-refractivity contribution < 1.29 is 9.18 Å². The maximum Gasteiger partial charge on any atom is 0.272 e. The van der Waals surface area contributed by atoms with Crippen LogP contribution >= 0.6 is 11.6 Å². The molecule has 1 saturated heterocycles. The van der Waals surface area contributed by atoms with Gasteiger partial charge >= 0.3 is 0 Å². The van der Waals surface area contributed by atoms with Crippen LogP contribution in [0, 0.1) is 5.82 Å². The molecule has 2 heterocycles. The summed E-state index contributed by atoms with van der Waals surface area (Å²) in [4.78, 5) is 17.9. The van der Waals surface area contributed by atoms with Gasteiger partial charge in [0, 0.05) is 18.5 Å². The van der Waals surface area contributed by atoms with E-state index in [0.29, 0.717) is 12.4 Å². The van der Waals surface area contributed by atoms with Crippen LogP contribution < -0.4 is 0 Å². The molecule has 3 nitrogen and oxygen atoms in total. The SMILES string of the molecule is O=C(c1ccc(F)cn1)N1CCCCCC1CCl. The molecule has 0 bridgehead atoms. The highest BCUT2D eigenvalue weighted by molar-refractivity contribution is 6.18. The molecule has 0 N–H and O–H groups in total. The summed E-state index contributed by atoms with van der Waals surface area (Å²) in [6.45, 7) is 0.704. The maximum atomic E-state index is 12.8. The number of nitrogens with zero attached hydrogens (tertiary/aromatic N) is 2. The van der Waals surface area contributed by atoms with Crippen LogP contribution in [-0.2, 0) is 0 Å². The van der Waals surface area contributed by atoms with E-state index in [1.54, 1.807) is 4.90 Å². The first kappa shape index (κ1) is 13.3. The van der Waals surface area contributed by atoms with E-state index in [9.17, 15) is 9.18 Å². The average Bonchev–Trinajstić information content (AvgIpc) is 2.63. The Kier molecular flexibility index (Phi) is 4.53. The van der Waals surface area contributed by atoms with E-state index in [4.69, 9.17) is 11.6 Å². The quantitative estimate of drug-likeness (QED) is 0.774. The highest BCUT2D eigenvalue weighted by atomic mass is 35.5. The molecule has 1 amide bonds. The number of amides is 1. The predicted octanol–water partition coefficient (Wildman–Crippen LogP) is 2.84. The predicted molar refractivity (Wildman–Crippen MR) is 68.2 cm³/mol. The van der Waals surface area contributed by atoms with Crippen molar-refractivity contribution in [1.82, 2.24) is 9.88 Å². The lowest BCUT2D eigenvalue weighted by Crippen LogP contribution is -2.41. The molecule has 1 unspecified atom stereocenters. The lowest BCUT2D eigenvalue weighted by Gasteiger charge is -2.28. The number of hydrogen-bond acceptors (Lipinski definition) is 2. The summed E-state index contributed by atoms with van der Waals surface area (Å²) < 4.78 is 12.8. The van der Waals surface area contributed by atoms with Gasteiger partial charge in [0.25, 0.3) is 5.91 Å². The summed E-state index contributed by atoms with van der Waals surface area (Å²) >= 11 is 5.93. The van der Waals surface area contributed by atoms with Crippen molar-refractivity contribution in [2.45, 2.75) is 31.7 Å². The van der Waals surface area contributed by atoms with Crippen LogP contribution in [0.25, 0.3) is 0 Å². The molecule has 1 atom stereocenters. The van der Waals surface area contributed by atoms with Crippen LogP contribution in [0.4, 0.5) is 4.39 Å². The van der Waals surface area contributed by atoms with Crippen molar-refractivity contribution >= 4 is 17.5 Å². The zero-order valence-electron chi connectivity index (χ0n) is 10.1. The molecule has 5 heteroatoms. The smallest absolute Gasteiger partial charge is 0.272 e. The van der Waals surface area contributed by atoms with Crippen LogP contribution in [-0.4, -0.2) is 34.3 Å². The molecule has 0 aliphatic carbocycles. The lowest BCUT2D eigenvalue weighted by atomic mass is 10.1. The van der Waals surface area contributed by atoms with E-state index in [2.05, 4.69) is 4.98 Å². The summed E-state index contributed by atoms with van der Waals surface area (Å²) in [5, 5.41) is 0. The number of halogens is 2. The van der Waals surface area contributed by atoms with Crippen molar-refractivity contribution in [1.29, 1.82) is 0 Å². The van der Waals surface area contributed by atoms with Crippen molar-refractivity contribution in [2.75, 3.05) is 12.4 Å². The Bertz CT molecular complexity index is 410. The molecule has 1 aromatic rings. The number of carbonyl (C=O) groups is 1. The second kappa shape index (κ2) is 6.14. The molecule has 0 aromatic carbocycles. The van der Waals surface area contributed by atoms with Gasteiger partial charge in [0.2, 0.25) is 0 Å². The van der Waals surface area contributed by atoms with Gasteiger partial charge in [-0.3, -0.25) is 4.79 Å². The first-order valence-electron chi connectivity index (χ1n) is 6.21. The average molecular weight is 271 g/mol. The minimum Gasteiger partial charge on any atom is -0.333 e. The van der Waals surface area contributed by atoms with E-state index in [0.717, 1.165) is 31.9 Å². The van der Waals surface area contributed by atoms with Gasteiger partial charge in [-0.1, -0.05) is 12.8 Å². The number of hydrogen-bond donors (Lipinski definition) is 0. The van der Waals surface area contributed by atoms with Gasteiger partial charge in [0.1, 0.15) is 11.5 Å². The molecule has 0 radical (unpaired) electrons. The second-order valence-corrected chi connectivity index (χ2v) is 4.83. The van der Waals surface area contributed by atoms with Crippen LogP contribution in [0.15, 0.2) is 18.3 Å². The standard InChI is InChI=1S/C13H16ClFN2O/c14-8-11-4-2-1-3-7-17(11)13(18)12-6-5-10(15)9-16-12/h5-6,9,11H,1-4,7-8H2. The van der Waals surface area contributed by atoms with E-state index < -0.39 is 5.82 Å². The zero-order chi connectivity index (χ0) is 13.0. The largest absolute Gasteiger partial charge is 0.333 e. The molecule has 98 valence electrons. The number of alkyl halides is 1. The maximum absolute atomic E-state index is 12.8. The van der Waals surface area contributed by atoms with Gasteiger partial charge in [0.05, 0.1) is 6.20 Å². The van der Waals surface area contributed by atoms with Gasteiger partial charge in [-0.2, -0.15) is 0 Å². The minimum atomic E-state index is -0.434. The Morgan fingerprint density at radius 3 is 2.94 bits per heavy atom. The fourth-order valence-electron chi connectivity index (χ4n) is 2.25. The lowest BCUT2D eigenvalue weighted by molar-refractivity contribution is 0.0694. The van der Waals surface area contributed by atoms with Crippen LogP contribution in [0.3, 0.4) is 0 Å². The number of likely N-dealkylation sites (tertiary alicyclic amines) is 1. The topological polar surface area (TPSA) is 33.2 Å². The van der Waals surface area contributed by atoms with Gasteiger partial charge in [0.15, 0.2) is 0 Å². The second-order valence-electron chi connectivity index (χ2n) is 4.52. The van der Waals surface area contributed by atoms with Crippen LogP contribution in [0.5, 0.6) is 0 Å². The number of carbonyl (C=O) groups excluding carboxylic acids is 1. The van der Waals surface area contributed by atoms with Crippen molar-refractivity contribution in [3.8, 4) is 0 Å². The molecule has 0 saturated carbocycles. The molecule has 2 rings (SSSR count). The Labute approximate surface area is 111 Å². The summed E-state index contributed by atoms with van der Waals surface area (Å²) in [6, 6.07) is 2.75. The van der Waals surface area contributed by atoms with Gasteiger partial charge in [-0.05, 0) is 25.0 Å². The van der Waals surface area contributed by atoms with Gasteiger partial charge < -0.3 is 4.90 Å². The molecular weight excluding hydrogens is 255 g/mol. The summed E-state index contributed by atoms with van der Waals surface area (Å²) in [5.74, 6) is -0.147. The monoisotopic (exact) mass is 270 g/mol. The summed E-state index contributed by atoms with van der Waals surface area (Å²) in [5.41, 5.74) is 0.286. The molecule has 1 aromatic heterocycles. The fourth-order valence-corrected chi connectivity index (χ4v) is 2.58. The molecule has 1 fully saturated rings. The number of rotatable bonds is 2. The number of pyridine rings is 1. The molecule has 1 aliphatic rings. The third-order valence-electron chi connectivity index (χ3n) is 3.26. The highest BCUT2D eigenvalue weighted by Gasteiger charge is 2.26. The van der Waals surface area contributed by atoms with E-state index in [1.165, 1.54) is 12.1 Å². The Morgan fingerprint density at radius 2 is 2.28 bits per heavy atom. The first-order chi connectivity index (χ1) is 8.72. The van der Waals surface area contributed by atoms with Crippen LogP contribution in [0.1, 0.15) is 36.2 Å². The van der Waals surface area contributed by atoms with E-state index in [1.807, 2.05) is 0 Å². The molecule has 18 heavy (non-hydrogen) atoms. The third-order valence-corrected chi connectivity index (χ3v) is 3.62. The zero-order valence-corrected chi connectivity index (χ0v) is 10.9. The summed E-state index contributed by atoms with van der Waals surface area (Å²) in [7, 11) is 0. The fraction of sp³-hybridized carbons (Fsp3) is 0.538. The van der Waals surface area contributed by atoms with E-state index in [-0.39, 0.29) is 17.6 Å². The van der Waals surface area contributed by atoms with Crippen molar-refractivity contribution in [2.24, 2.45) is 0 Å². The normalized spacial score (nSPS) is 20.6. The Morgan fingerprint density at radius 1 is 1.44 bits per heavy atom. The van der Waals surface area contributed by atoms with Crippen LogP contribution in [0.2, 0.25) is 0 Å². The first-order valence-corrected chi connectivity index (χ1v) is 6.74. The molecule has 0 spiro atoms. The highest BCUT2D eigenvalue weighted by Crippen LogP contribution is 2.19. The minimum absolute atomic E-state index is 0.0634. The van der Waals surface area contributed by atoms with Gasteiger partial charge in [-0.15, -0.1) is 11.6 Å². The van der Waals surface area contributed by atoms with Crippen molar-refractivity contribution in [3.05, 3.63) is 29.8 Å². The van der Waals surface area contributed by atoms with Gasteiger partial charge in [-0.25, -0.2) is 9.37 Å². The Balaban J connectivity index is 2.17. The van der Waals surface area contributed by atoms with Crippen molar-refractivity contribution in [3.63, 3.8) is 0 Å². The molecule has 1 aliphatic heterocycles. The molecular formula is C13H16ClFN2O. The Hall–Kier alpha value is -1.16. The summed E-state index contributed by atoms with van der Waals surface area (Å²) in [6.07, 6.45) is 5.20. The van der Waals surface area contributed by atoms with E-state index >= 15 is 0 Å². The number of aromatic nitrogens is 1.